The fourth-order valence-corrected chi connectivity index (χ4v) is 4.56. The van der Waals surface area contributed by atoms with Crippen molar-refractivity contribution >= 4 is 23.9 Å². The van der Waals surface area contributed by atoms with Gasteiger partial charge in [-0.15, -0.1) is 0 Å². The van der Waals surface area contributed by atoms with Gasteiger partial charge < -0.3 is 28.4 Å². The van der Waals surface area contributed by atoms with Gasteiger partial charge in [0.15, 0.2) is 24.6 Å². The van der Waals surface area contributed by atoms with Crippen molar-refractivity contribution in [3.8, 4) is 0 Å². The first-order valence-corrected chi connectivity index (χ1v) is 14.9. The van der Waals surface area contributed by atoms with Gasteiger partial charge in [0.25, 0.3) is 0 Å². The Morgan fingerprint density at radius 1 is 0.466 bits per heavy atom. The van der Waals surface area contributed by atoms with Crippen LogP contribution >= 0.6 is 0 Å². The maximum atomic E-state index is 14.5. The monoisotopic (exact) mass is 908 g/mol. The summed E-state index contributed by atoms with van der Waals surface area (Å²) in [6.07, 6.45) is -23.3. The molecule has 0 aromatic carbocycles. The van der Waals surface area contributed by atoms with Crippen LogP contribution in [0.4, 0.5) is 92.2 Å². The normalized spacial score (nSPS) is 22.3. The highest BCUT2D eigenvalue weighted by Gasteiger charge is 2.97. The molecule has 0 aliphatic carbocycles. The summed E-state index contributed by atoms with van der Waals surface area (Å²) < 4.78 is 317. The molecule has 31 heteroatoms. The Bertz CT molecular complexity index is 1500. The lowest BCUT2D eigenvalue weighted by Crippen LogP contribution is -2.76. The average molecular weight is 908 g/mol. The smallest absolute Gasteiger partial charge is 0.460 e. The van der Waals surface area contributed by atoms with Gasteiger partial charge in [-0.1, -0.05) is 0 Å². The first kappa shape index (κ1) is 52.3. The summed E-state index contributed by atoms with van der Waals surface area (Å²) in [7, 11) is 0. The van der Waals surface area contributed by atoms with Crippen molar-refractivity contribution in [2.24, 2.45) is 0 Å². The van der Waals surface area contributed by atoms with Crippen molar-refractivity contribution < 1.29 is 140 Å². The Hall–Kier alpha value is -3.67. The lowest BCUT2D eigenvalue weighted by atomic mass is 9.85. The number of halogens is 21. The maximum absolute atomic E-state index is 14.5. The predicted molar refractivity (Wildman–Crippen MR) is 138 cm³/mol. The number of carbonyl (C=O) groups is 4. The van der Waals surface area contributed by atoms with E-state index in [2.05, 4.69) is 4.74 Å². The minimum absolute atomic E-state index is 0.649. The highest BCUT2D eigenvalue weighted by molar-refractivity contribution is 5.68. The van der Waals surface area contributed by atoms with Crippen molar-refractivity contribution in [2.75, 3.05) is 13.2 Å². The Morgan fingerprint density at radius 2 is 0.810 bits per heavy atom. The van der Waals surface area contributed by atoms with Crippen LogP contribution in [0.15, 0.2) is 0 Å². The van der Waals surface area contributed by atoms with E-state index < -0.39 is 140 Å². The van der Waals surface area contributed by atoms with E-state index in [1.807, 2.05) is 0 Å². The number of ether oxygens (including phenoxy) is 6. The standard InChI is InChI=1S/C27H25F21O10/c1-9(49)54-8-13-14(55-10(2)50)15(56-11(3)51)16(57-12(4)52)17(58-13)53-7-5-6-18(28,29)19(30,31)20(32,33)21(34,35)22(36,37)23(38,39)24(40,41)25(42,43)26(44,45)27(46,47)48/h13-17H,5-8H2,1-4H3/t13-,14-,15+,16-,17-/m1/s1. The van der Waals surface area contributed by atoms with Crippen molar-refractivity contribution in [3.63, 3.8) is 0 Å². The fourth-order valence-electron chi connectivity index (χ4n) is 4.56. The Labute approximate surface area is 308 Å². The van der Waals surface area contributed by atoms with Crippen molar-refractivity contribution in [3.05, 3.63) is 0 Å². The molecule has 1 rings (SSSR count). The molecule has 1 fully saturated rings. The molecule has 0 N–H and O–H groups in total. The Balaban J connectivity index is 3.52. The number of hydrogen-bond acceptors (Lipinski definition) is 10. The van der Waals surface area contributed by atoms with Gasteiger partial charge in [-0.25, -0.2) is 0 Å². The number of hydrogen-bond donors (Lipinski definition) is 0. The van der Waals surface area contributed by atoms with Gasteiger partial charge >= 0.3 is 83.4 Å². The van der Waals surface area contributed by atoms with Gasteiger partial charge in [0.2, 0.25) is 0 Å². The van der Waals surface area contributed by atoms with E-state index in [-0.39, 0.29) is 0 Å². The van der Waals surface area contributed by atoms with Crippen LogP contribution in [0.5, 0.6) is 0 Å². The summed E-state index contributed by atoms with van der Waals surface area (Å²) in [6, 6.07) is 0. The molecule has 10 nitrogen and oxygen atoms in total. The van der Waals surface area contributed by atoms with Crippen LogP contribution in [0, 0.1) is 0 Å². The molecule has 1 heterocycles. The van der Waals surface area contributed by atoms with Gasteiger partial charge in [-0.05, 0) is 6.42 Å². The lowest BCUT2D eigenvalue weighted by Gasteiger charge is -2.44. The van der Waals surface area contributed by atoms with Gasteiger partial charge in [0, 0.05) is 34.1 Å². The second-order valence-electron chi connectivity index (χ2n) is 11.8. The van der Waals surface area contributed by atoms with E-state index in [1.54, 1.807) is 0 Å². The highest BCUT2D eigenvalue weighted by atomic mass is 19.4. The third kappa shape index (κ3) is 9.21. The zero-order valence-electron chi connectivity index (χ0n) is 28.7. The molecule has 0 amide bonds. The summed E-state index contributed by atoms with van der Waals surface area (Å²) in [5.41, 5.74) is 0. The fraction of sp³-hybridized carbons (Fsp3) is 0.852. The molecule has 5 atom stereocenters. The van der Waals surface area contributed by atoms with Crippen LogP contribution < -0.4 is 0 Å². The zero-order chi connectivity index (χ0) is 46.3. The molecular formula is C27H25F21O10. The van der Waals surface area contributed by atoms with Gasteiger partial charge in [-0.3, -0.25) is 19.2 Å². The number of alkyl halides is 21. The minimum Gasteiger partial charge on any atom is -0.463 e. The van der Waals surface area contributed by atoms with Crippen LogP contribution in [0.2, 0.25) is 0 Å². The maximum Gasteiger partial charge on any atom is 0.460 e. The molecule has 0 saturated carbocycles. The SMILES string of the molecule is CC(=O)OC[C@H]1O[C@@H](OCCCC(F)(F)C(F)(F)C(F)(F)C(F)(F)C(F)(F)C(F)(F)C(F)(F)C(F)(F)C(F)(F)C(F)(F)F)[C@H](OC(C)=O)[C@@H](OC(C)=O)[C@@H]1OC(C)=O. The van der Waals surface area contributed by atoms with Crippen LogP contribution in [-0.4, -0.2) is 127 Å². The van der Waals surface area contributed by atoms with Crippen LogP contribution in [0.25, 0.3) is 0 Å². The summed E-state index contributed by atoms with van der Waals surface area (Å²) in [6.45, 7) is 0.308. The number of rotatable bonds is 18. The van der Waals surface area contributed by atoms with E-state index in [0.29, 0.717) is 13.8 Å². The Kier molecular flexibility index (Phi) is 15.1. The summed E-state index contributed by atoms with van der Waals surface area (Å²) in [5.74, 6) is -83.2. The van der Waals surface area contributed by atoms with E-state index in [4.69, 9.17) is 23.7 Å². The van der Waals surface area contributed by atoms with E-state index in [0.717, 1.165) is 13.8 Å². The number of esters is 4. The van der Waals surface area contributed by atoms with E-state index >= 15 is 0 Å². The summed E-state index contributed by atoms with van der Waals surface area (Å²) in [4.78, 5) is 46.6. The van der Waals surface area contributed by atoms with Crippen LogP contribution in [-0.2, 0) is 47.6 Å². The summed E-state index contributed by atoms with van der Waals surface area (Å²) in [5, 5.41) is 0. The first-order valence-electron chi connectivity index (χ1n) is 14.9. The third-order valence-electron chi connectivity index (χ3n) is 7.44. The molecule has 0 aromatic heterocycles. The topological polar surface area (TPSA) is 124 Å². The largest absolute Gasteiger partial charge is 0.463 e. The van der Waals surface area contributed by atoms with Gasteiger partial charge in [0.05, 0.1) is 6.61 Å². The molecule has 1 aliphatic rings. The van der Waals surface area contributed by atoms with Crippen molar-refractivity contribution in [1.29, 1.82) is 0 Å². The molecule has 1 saturated heterocycles. The molecule has 0 radical (unpaired) electrons. The lowest BCUT2D eigenvalue weighted by molar-refractivity contribution is -0.474. The second kappa shape index (κ2) is 16.8. The molecule has 340 valence electrons. The van der Waals surface area contributed by atoms with Crippen LogP contribution in [0.1, 0.15) is 40.5 Å². The zero-order valence-corrected chi connectivity index (χ0v) is 28.7. The quantitative estimate of drug-likeness (QED) is 0.0607. The predicted octanol–water partition coefficient (Wildman–Crippen LogP) is 7.15. The molecular weight excluding hydrogens is 883 g/mol. The highest BCUT2D eigenvalue weighted by Crippen LogP contribution is 2.66. The van der Waals surface area contributed by atoms with E-state index in [1.165, 1.54) is 0 Å². The first-order chi connectivity index (χ1) is 25.5. The molecule has 1 aliphatic heterocycles. The molecule has 0 bridgehead atoms. The average Bonchev–Trinajstić information content (AvgIpc) is 3.02. The molecule has 58 heavy (non-hydrogen) atoms. The van der Waals surface area contributed by atoms with Crippen molar-refractivity contribution in [2.45, 2.75) is 131 Å². The van der Waals surface area contributed by atoms with Crippen LogP contribution in [0.3, 0.4) is 0 Å². The Morgan fingerprint density at radius 3 is 1.17 bits per heavy atom. The number of carbonyl (C=O) groups excluding carboxylic acids is 4. The van der Waals surface area contributed by atoms with E-state index in [9.17, 15) is 111 Å². The molecule has 0 unspecified atom stereocenters. The van der Waals surface area contributed by atoms with Gasteiger partial charge in [-0.2, -0.15) is 92.2 Å². The van der Waals surface area contributed by atoms with Gasteiger partial charge in [0.1, 0.15) is 12.7 Å². The molecule has 0 aromatic rings. The third-order valence-corrected chi connectivity index (χ3v) is 7.44. The summed E-state index contributed by atoms with van der Waals surface area (Å²) >= 11 is 0. The van der Waals surface area contributed by atoms with Crippen molar-refractivity contribution in [1.82, 2.24) is 0 Å². The second-order valence-corrected chi connectivity index (χ2v) is 11.8. The molecule has 0 spiro atoms. The minimum atomic E-state index is -9.31.